The van der Waals surface area contributed by atoms with E-state index in [0.717, 1.165) is 37.3 Å². The van der Waals surface area contributed by atoms with E-state index in [9.17, 15) is 0 Å². The van der Waals surface area contributed by atoms with Gasteiger partial charge in [0, 0.05) is 26.0 Å². The van der Waals surface area contributed by atoms with Crippen LogP contribution in [0.15, 0.2) is 43.2 Å². The van der Waals surface area contributed by atoms with E-state index in [4.69, 9.17) is 9.72 Å². The van der Waals surface area contributed by atoms with E-state index in [-0.39, 0.29) is 6.04 Å². The molecule has 134 valence electrons. The molecule has 0 unspecified atom stereocenters. The number of ether oxygens (including phenoxy) is 1. The molecule has 7 heteroatoms. The zero-order valence-corrected chi connectivity index (χ0v) is 15.0. The molecule has 0 amide bonds. The molecule has 0 saturated carbocycles. The highest BCUT2D eigenvalue weighted by Gasteiger charge is 2.28. The number of hydrogen-bond donors (Lipinski definition) is 0. The van der Waals surface area contributed by atoms with Crippen molar-refractivity contribution in [3.8, 4) is 11.6 Å². The molecule has 4 heterocycles. The van der Waals surface area contributed by atoms with E-state index in [1.54, 1.807) is 12.4 Å². The van der Waals surface area contributed by atoms with E-state index in [1.807, 2.05) is 44.8 Å². The molecule has 4 rings (SSSR count). The minimum atomic E-state index is 0.246. The number of likely N-dealkylation sites (tertiary alicyclic amines) is 1. The molecule has 3 aromatic heterocycles. The number of aromatic nitrogens is 5. The van der Waals surface area contributed by atoms with Crippen molar-refractivity contribution in [2.45, 2.75) is 32.4 Å². The first-order chi connectivity index (χ1) is 12.7. The van der Waals surface area contributed by atoms with Crippen LogP contribution in [0.4, 0.5) is 0 Å². The maximum Gasteiger partial charge on any atom is 0.238 e. The molecule has 3 aromatic rings. The van der Waals surface area contributed by atoms with Gasteiger partial charge in [0.1, 0.15) is 0 Å². The van der Waals surface area contributed by atoms with Gasteiger partial charge in [0.05, 0.1) is 41.8 Å². The van der Waals surface area contributed by atoms with Gasteiger partial charge >= 0.3 is 0 Å². The van der Waals surface area contributed by atoms with Crippen molar-refractivity contribution in [2.24, 2.45) is 7.05 Å². The van der Waals surface area contributed by atoms with Crippen LogP contribution in [-0.4, -0.2) is 35.9 Å². The molecule has 1 aliphatic heterocycles. The average molecular weight is 350 g/mol. The van der Waals surface area contributed by atoms with Gasteiger partial charge in [-0.1, -0.05) is 0 Å². The fraction of sp³-hybridized carbons (Fsp3) is 0.368. The third-order valence-corrected chi connectivity index (χ3v) is 4.79. The zero-order valence-electron chi connectivity index (χ0n) is 15.0. The van der Waals surface area contributed by atoms with E-state index >= 15 is 0 Å². The third kappa shape index (κ3) is 3.43. The largest absolute Gasteiger partial charge is 0.436 e. The predicted octanol–water partition coefficient (Wildman–Crippen LogP) is 3.04. The minimum Gasteiger partial charge on any atom is -0.436 e. The van der Waals surface area contributed by atoms with Crippen LogP contribution in [0.2, 0.25) is 0 Å². The molecular weight excluding hydrogens is 328 g/mol. The maximum atomic E-state index is 5.90. The third-order valence-electron chi connectivity index (χ3n) is 4.79. The van der Waals surface area contributed by atoms with Crippen molar-refractivity contribution < 1.29 is 4.74 Å². The van der Waals surface area contributed by atoms with Crippen molar-refractivity contribution in [3.63, 3.8) is 0 Å². The van der Waals surface area contributed by atoms with Crippen molar-refractivity contribution in [1.82, 2.24) is 29.4 Å². The van der Waals surface area contributed by atoms with Crippen LogP contribution in [0.3, 0.4) is 0 Å². The summed E-state index contributed by atoms with van der Waals surface area (Å²) < 4.78 is 7.96. The number of hydrogen-bond acceptors (Lipinski definition) is 6. The van der Waals surface area contributed by atoms with Crippen LogP contribution >= 0.6 is 0 Å². The predicted molar refractivity (Wildman–Crippen MR) is 96.7 cm³/mol. The van der Waals surface area contributed by atoms with Crippen LogP contribution in [0.5, 0.6) is 11.6 Å². The number of imidazole rings is 1. The molecule has 1 atom stereocenters. The van der Waals surface area contributed by atoms with E-state index in [0.29, 0.717) is 11.6 Å². The lowest BCUT2D eigenvalue weighted by Crippen LogP contribution is -2.24. The summed E-state index contributed by atoms with van der Waals surface area (Å²) in [6, 6.07) is 3.99. The summed E-state index contributed by atoms with van der Waals surface area (Å²) in [4.78, 5) is 20.0. The van der Waals surface area contributed by atoms with Crippen molar-refractivity contribution >= 4 is 0 Å². The molecule has 7 nitrogen and oxygen atoms in total. The molecule has 0 aliphatic carbocycles. The van der Waals surface area contributed by atoms with E-state index in [2.05, 4.69) is 24.4 Å². The maximum absolute atomic E-state index is 5.90. The smallest absolute Gasteiger partial charge is 0.238 e. The molecule has 0 radical (unpaired) electrons. The van der Waals surface area contributed by atoms with Gasteiger partial charge in [-0.15, -0.1) is 0 Å². The van der Waals surface area contributed by atoms with Crippen LogP contribution in [-0.2, 0) is 13.6 Å². The summed E-state index contributed by atoms with van der Waals surface area (Å²) in [5, 5.41) is 0. The van der Waals surface area contributed by atoms with Gasteiger partial charge in [0.25, 0.3) is 0 Å². The van der Waals surface area contributed by atoms with Crippen LogP contribution in [0, 0.1) is 6.92 Å². The first-order valence-electron chi connectivity index (χ1n) is 8.81. The number of aryl methyl sites for hydroxylation is 2. The van der Waals surface area contributed by atoms with E-state index < -0.39 is 0 Å². The van der Waals surface area contributed by atoms with Crippen LogP contribution in [0.1, 0.15) is 36.0 Å². The Hall–Kier alpha value is -2.80. The fourth-order valence-corrected chi connectivity index (χ4v) is 3.36. The Labute approximate surface area is 152 Å². The van der Waals surface area contributed by atoms with Gasteiger partial charge in [0.15, 0.2) is 5.75 Å². The highest BCUT2D eigenvalue weighted by molar-refractivity contribution is 5.29. The minimum absolute atomic E-state index is 0.246. The SMILES string of the molecule is Cc1ncccc1Oc1cncc([C@@H]2CCCN2Cc2cncn2C)n1. The molecule has 1 aliphatic rings. The van der Waals surface area contributed by atoms with Gasteiger partial charge in [-0.05, 0) is 38.4 Å². The molecule has 0 aromatic carbocycles. The Morgan fingerprint density at radius 3 is 2.96 bits per heavy atom. The number of pyridine rings is 1. The van der Waals surface area contributed by atoms with Gasteiger partial charge in [-0.2, -0.15) is 0 Å². The summed E-state index contributed by atoms with van der Waals surface area (Å²) in [6.45, 7) is 3.82. The molecule has 1 fully saturated rings. The van der Waals surface area contributed by atoms with E-state index in [1.165, 1.54) is 5.69 Å². The number of nitrogens with zero attached hydrogens (tertiary/aromatic N) is 6. The first kappa shape index (κ1) is 16.7. The van der Waals surface area contributed by atoms with Gasteiger partial charge in [-0.3, -0.25) is 14.9 Å². The lowest BCUT2D eigenvalue weighted by Gasteiger charge is -2.24. The summed E-state index contributed by atoms with van der Waals surface area (Å²) in [6.07, 6.45) is 11.2. The Morgan fingerprint density at radius 1 is 1.23 bits per heavy atom. The Balaban J connectivity index is 1.53. The Kier molecular flexibility index (Phi) is 4.62. The quantitative estimate of drug-likeness (QED) is 0.704. The molecule has 0 N–H and O–H groups in total. The second-order valence-electron chi connectivity index (χ2n) is 6.60. The molecule has 0 spiro atoms. The van der Waals surface area contributed by atoms with Gasteiger partial charge in [-0.25, -0.2) is 9.97 Å². The average Bonchev–Trinajstić information content (AvgIpc) is 3.27. The summed E-state index contributed by atoms with van der Waals surface area (Å²) >= 11 is 0. The highest BCUT2D eigenvalue weighted by atomic mass is 16.5. The molecular formula is C19H22N6O. The number of rotatable bonds is 5. The fourth-order valence-electron chi connectivity index (χ4n) is 3.36. The monoisotopic (exact) mass is 350 g/mol. The summed E-state index contributed by atoms with van der Waals surface area (Å²) in [5.74, 6) is 1.21. The second kappa shape index (κ2) is 7.21. The molecule has 26 heavy (non-hydrogen) atoms. The summed E-state index contributed by atoms with van der Waals surface area (Å²) in [5.41, 5.74) is 2.98. The topological polar surface area (TPSA) is 69.0 Å². The second-order valence-corrected chi connectivity index (χ2v) is 6.60. The first-order valence-corrected chi connectivity index (χ1v) is 8.81. The Morgan fingerprint density at radius 2 is 2.15 bits per heavy atom. The van der Waals surface area contributed by atoms with Gasteiger partial charge < -0.3 is 9.30 Å². The Bertz CT molecular complexity index is 893. The highest BCUT2D eigenvalue weighted by Crippen LogP contribution is 2.33. The van der Waals surface area contributed by atoms with Crippen molar-refractivity contribution in [1.29, 1.82) is 0 Å². The lowest BCUT2D eigenvalue weighted by molar-refractivity contribution is 0.237. The van der Waals surface area contributed by atoms with Gasteiger partial charge in [0.2, 0.25) is 5.88 Å². The van der Waals surface area contributed by atoms with Crippen molar-refractivity contribution in [3.05, 3.63) is 60.3 Å². The normalized spacial score (nSPS) is 17.5. The molecule has 1 saturated heterocycles. The molecule has 0 bridgehead atoms. The summed E-state index contributed by atoms with van der Waals surface area (Å²) in [7, 11) is 2.03. The lowest BCUT2D eigenvalue weighted by atomic mass is 10.1. The van der Waals surface area contributed by atoms with Crippen molar-refractivity contribution in [2.75, 3.05) is 6.54 Å². The standard InChI is InChI=1S/C19H22N6O/c1-14-18(6-3-7-22-14)26-19-11-20-10-16(23-19)17-5-4-8-25(17)12-15-9-21-13-24(15)2/h3,6-7,9-11,13,17H,4-5,8,12H2,1-2H3/t17-/m0/s1. The van der Waals surface area contributed by atoms with Crippen LogP contribution < -0.4 is 4.74 Å². The van der Waals surface area contributed by atoms with Crippen LogP contribution in [0.25, 0.3) is 0 Å². The zero-order chi connectivity index (χ0) is 17.9.